The lowest BCUT2D eigenvalue weighted by molar-refractivity contribution is -0.129. The van der Waals surface area contributed by atoms with Crippen molar-refractivity contribution in [2.45, 2.75) is 25.7 Å². The van der Waals surface area contributed by atoms with Gasteiger partial charge < -0.3 is 14.2 Å². The molecule has 1 aromatic carbocycles. The molecule has 1 aromatic heterocycles. The molecule has 1 amide bonds. The SMILES string of the molecule is COc1ccc2c(C3CCN(C(C)=O)CC3)noc2c1. The molecule has 0 N–H and O–H groups in total. The van der Waals surface area contributed by atoms with Crippen molar-refractivity contribution < 1.29 is 14.1 Å². The highest BCUT2D eigenvalue weighted by atomic mass is 16.5. The van der Waals surface area contributed by atoms with Gasteiger partial charge in [-0.25, -0.2) is 0 Å². The lowest BCUT2D eigenvalue weighted by atomic mass is 9.91. The van der Waals surface area contributed by atoms with E-state index in [4.69, 9.17) is 9.26 Å². The number of hydrogen-bond acceptors (Lipinski definition) is 4. The van der Waals surface area contributed by atoms with Crippen molar-refractivity contribution in [1.82, 2.24) is 10.1 Å². The van der Waals surface area contributed by atoms with Crippen LogP contribution in [-0.2, 0) is 4.79 Å². The minimum absolute atomic E-state index is 0.151. The van der Waals surface area contributed by atoms with Crippen molar-refractivity contribution in [3.63, 3.8) is 0 Å². The van der Waals surface area contributed by atoms with Crippen molar-refractivity contribution in [3.8, 4) is 5.75 Å². The largest absolute Gasteiger partial charge is 0.497 e. The molecule has 0 spiro atoms. The fourth-order valence-corrected chi connectivity index (χ4v) is 2.83. The first-order valence-electron chi connectivity index (χ1n) is 6.88. The van der Waals surface area contributed by atoms with Gasteiger partial charge in [0.2, 0.25) is 5.91 Å². The molecule has 0 unspecified atom stereocenters. The second kappa shape index (κ2) is 5.15. The summed E-state index contributed by atoms with van der Waals surface area (Å²) >= 11 is 0. The van der Waals surface area contributed by atoms with Gasteiger partial charge in [0.15, 0.2) is 5.58 Å². The summed E-state index contributed by atoms with van der Waals surface area (Å²) in [5.41, 5.74) is 1.76. The summed E-state index contributed by atoms with van der Waals surface area (Å²) in [4.78, 5) is 13.2. The minimum atomic E-state index is 0.151. The van der Waals surface area contributed by atoms with Crippen LogP contribution in [0.4, 0.5) is 0 Å². The molecule has 1 saturated heterocycles. The van der Waals surface area contributed by atoms with E-state index in [1.807, 2.05) is 23.1 Å². The molecule has 0 bridgehead atoms. The summed E-state index contributed by atoms with van der Waals surface area (Å²) in [5, 5.41) is 5.28. The Labute approximate surface area is 117 Å². The summed E-state index contributed by atoms with van der Waals surface area (Å²) in [6, 6.07) is 5.78. The maximum absolute atomic E-state index is 11.4. The van der Waals surface area contributed by atoms with Gasteiger partial charge in [0.05, 0.1) is 12.8 Å². The van der Waals surface area contributed by atoms with Crippen LogP contribution in [0.15, 0.2) is 22.7 Å². The van der Waals surface area contributed by atoms with Crippen LogP contribution in [0.25, 0.3) is 11.0 Å². The minimum Gasteiger partial charge on any atom is -0.497 e. The van der Waals surface area contributed by atoms with Gasteiger partial charge in [-0.05, 0) is 25.0 Å². The molecule has 1 aliphatic heterocycles. The summed E-state index contributed by atoms with van der Waals surface area (Å²) in [7, 11) is 1.63. The third kappa shape index (κ3) is 2.24. The van der Waals surface area contributed by atoms with Crippen LogP contribution in [0.3, 0.4) is 0 Å². The van der Waals surface area contributed by atoms with E-state index in [2.05, 4.69) is 5.16 Å². The number of rotatable bonds is 2. The number of carbonyl (C=O) groups excluding carboxylic acids is 1. The Hall–Kier alpha value is -2.04. The number of hydrogen-bond donors (Lipinski definition) is 0. The Balaban J connectivity index is 1.83. The molecule has 5 nitrogen and oxygen atoms in total. The molecule has 2 heterocycles. The zero-order valence-corrected chi connectivity index (χ0v) is 11.8. The zero-order chi connectivity index (χ0) is 14.1. The number of methoxy groups -OCH3 is 1. The van der Waals surface area contributed by atoms with Gasteiger partial charge in [-0.15, -0.1) is 0 Å². The molecule has 2 aromatic rings. The van der Waals surface area contributed by atoms with E-state index in [-0.39, 0.29) is 5.91 Å². The van der Waals surface area contributed by atoms with E-state index in [9.17, 15) is 4.79 Å². The number of likely N-dealkylation sites (tertiary alicyclic amines) is 1. The zero-order valence-electron chi connectivity index (χ0n) is 11.8. The molecule has 5 heteroatoms. The van der Waals surface area contributed by atoms with Crippen LogP contribution >= 0.6 is 0 Å². The summed E-state index contributed by atoms with van der Waals surface area (Å²) in [6.07, 6.45) is 1.88. The summed E-state index contributed by atoms with van der Waals surface area (Å²) in [5.74, 6) is 1.28. The number of nitrogens with zero attached hydrogens (tertiary/aromatic N) is 2. The number of carbonyl (C=O) groups is 1. The maximum Gasteiger partial charge on any atom is 0.219 e. The fraction of sp³-hybridized carbons (Fsp3) is 0.467. The molecule has 1 fully saturated rings. The molecule has 0 saturated carbocycles. The molecule has 1 aliphatic rings. The number of aromatic nitrogens is 1. The van der Waals surface area contributed by atoms with Crippen LogP contribution in [-0.4, -0.2) is 36.2 Å². The van der Waals surface area contributed by atoms with E-state index in [1.54, 1.807) is 14.0 Å². The maximum atomic E-state index is 11.4. The van der Waals surface area contributed by atoms with Crippen molar-refractivity contribution in [2.24, 2.45) is 0 Å². The Kier molecular flexibility index (Phi) is 3.34. The van der Waals surface area contributed by atoms with Gasteiger partial charge in [0.25, 0.3) is 0 Å². The highest BCUT2D eigenvalue weighted by Gasteiger charge is 2.25. The molecule has 0 aliphatic carbocycles. The quantitative estimate of drug-likeness (QED) is 0.844. The molecule has 20 heavy (non-hydrogen) atoms. The van der Waals surface area contributed by atoms with E-state index < -0.39 is 0 Å². The Morgan fingerprint density at radius 2 is 2.15 bits per heavy atom. The standard InChI is InChI=1S/C15H18N2O3/c1-10(18)17-7-5-11(6-8-17)15-13-4-3-12(19-2)9-14(13)20-16-15/h3-4,9,11H,5-8H2,1-2H3. The number of amides is 1. The number of fused-ring (bicyclic) bond motifs is 1. The average Bonchev–Trinajstić information content (AvgIpc) is 2.90. The smallest absolute Gasteiger partial charge is 0.219 e. The Morgan fingerprint density at radius 1 is 1.40 bits per heavy atom. The van der Waals surface area contributed by atoms with Crippen LogP contribution in [0, 0.1) is 0 Å². The highest BCUT2D eigenvalue weighted by molar-refractivity contribution is 5.81. The summed E-state index contributed by atoms with van der Waals surface area (Å²) < 4.78 is 10.6. The van der Waals surface area contributed by atoms with E-state index >= 15 is 0 Å². The Bertz CT molecular complexity index is 627. The average molecular weight is 274 g/mol. The van der Waals surface area contributed by atoms with E-state index in [0.29, 0.717) is 5.92 Å². The van der Waals surface area contributed by atoms with Crippen LogP contribution in [0.2, 0.25) is 0 Å². The van der Waals surface area contributed by atoms with E-state index in [1.165, 1.54) is 0 Å². The normalized spacial score (nSPS) is 16.6. The number of benzene rings is 1. The van der Waals surface area contributed by atoms with Crippen molar-refractivity contribution >= 4 is 16.9 Å². The number of piperidine rings is 1. The second-order valence-electron chi connectivity index (χ2n) is 5.21. The highest BCUT2D eigenvalue weighted by Crippen LogP contribution is 2.33. The molecular weight excluding hydrogens is 256 g/mol. The van der Waals surface area contributed by atoms with Crippen molar-refractivity contribution in [2.75, 3.05) is 20.2 Å². The third-order valence-electron chi connectivity index (χ3n) is 4.03. The molecule has 0 atom stereocenters. The second-order valence-corrected chi connectivity index (χ2v) is 5.21. The Morgan fingerprint density at radius 3 is 2.80 bits per heavy atom. The molecule has 0 radical (unpaired) electrons. The monoisotopic (exact) mass is 274 g/mol. The predicted molar refractivity (Wildman–Crippen MR) is 74.8 cm³/mol. The van der Waals surface area contributed by atoms with E-state index in [0.717, 1.165) is 48.3 Å². The number of ether oxygens (including phenoxy) is 1. The van der Waals surface area contributed by atoms with Crippen LogP contribution in [0.5, 0.6) is 5.75 Å². The topological polar surface area (TPSA) is 55.6 Å². The van der Waals surface area contributed by atoms with Gasteiger partial charge in [0, 0.05) is 37.4 Å². The third-order valence-corrected chi connectivity index (χ3v) is 4.03. The predicted octanol–water partition coefficient (Wildman–Crippen LogP) is 2.56. The van der Waals surface area contributed by atoms with Crippen molar-refractivity contribution in [3.05, 3.63) is 23.9 Å². The molecular formula is C15H18N2O3. The first-order valence-corrected chi connectivity index (χ1v) is 6.88. The van der Waals surface area contributed by atoms with Crippen LogP contribution < -0.4 is 4.74 Å². The van der Waals surface area contributed by atoms with Crippen molar-refractivity contribution in [1.29, 1.82) is 0 Å². The van der Waals surface area contributed by atoms with Gasteiger partial charge in [-0.3, -0.25) is 4.79 Å². The van der Waals surface area contributed by atoms with Gasteiger partial charge in [-0.1, -0.05) is 5.16 Å². The van der Waals surface area contributed by atoms with Gasteiger partial charge >= 0.3 is 0 Å². The first kappa shape index (κ1) is 13.0. The molecule has 3 rings (SSSR count). The fourth-order valence-electron chi connectivity index (χ4n) is 2.83. The van der Waals surface area contributed by atoms with Gasteiger partial charge in [-0.2, -0.15) is 0 Å². The summed E-state index contributed by atoms with van der Waals surface area (Å²) in [6.45, 7) is 3.22. The molecule has 106 valence electrons. The van der Waals surface area contributed by atoms with Gasteiger partial charge in [0.1, 0.15) is 5.75 Å². The first-order chi connectivity index (χ1) is 9.69. The lowest BCUT2D eigenvalue weighted by Crippen LogP contribution is -2.36. The lowest BCUT2D eigenvalue weighted by Gasteiger charge is -2.30. The van der Waals surface area contributed by atoms with Crippen LogP contribution in [0.1, 0.15) is 31.4 Å².